The molecule has 0 unspecified atom stereocenters. The SMILES string of the molecule is NC(=O)c1csc(-c2cc(NCc3cccnc3)nc3[nH]ccc23)n1. The summed E-state index contributed by atoms with van der Waals surface area (Å²) >= 11 is 1.38. The number of hydrogen-bond donors (Lipinski definition) is 3. The smallest absolute Gasteiger partial charge is 0.268 e. The van der Waals surface area contributed by atoms with Gasteiger partial charge in [-0.25, -0.2) is 9.97 Å². The predicted molar refractivity (Wildman–Crippen MR) is 97.3 cm³/mol. The Hall–Kier alpha value is -3.26. The summed E-state index contributed by atoms with van der Waals surface area (Å²) in [5.74, 6) is 0.182. The molecule has 25 heavy (non-hydrogen) atoms. The molecule has 0 aliphatic heterocycles. The lowest BCUT2D eigenvalue weighted by molar-refractivity contribution is 0.0996. The van der Waals surface area contributed by atoms with E-state index in [0.717, 1.165) is 27.2 Å². The summed E-state index contributed by atoms with van der Waals surface area (Å²) < 4.78 is 0. The maximum absolute atomic E-state index is 11.3. The van der Waals surface area contributed by atoms with E-state index < -0.39 is 5.91 Å². The molecule has 4 N–H and O–H groups in total. The van der Waals surface area contributed by atoms with Crippen molar-refractivity contribution in [3.05, 3.63) is 59.5 Å². The molecule has 4 heterocycles. The summed E-state index contributed by atoms with van der Waals surface area (Å²) in [5, 5.41) is 6.63. The summed E-state index contributed by atoms with van der Waals surface area (Å²) in [5.41, 5.74) is 8.29. The number of pyridine rings is 2. The van der Waals surface area contributed by atoms with Crippen LogP contribution < -0.4 is 11.1 Å². The highest BCUT2D eigenvalue weighted by Crippen LogP contribution is 2.32. The van der Waals surface area contributed by atoms with Gasteiger partial charge in [0.2, 0.25) is 0 Å². The fourth-order valence-corrected chi connectivity index (χ4v) is 3.35. The van der Waals surface area contributed by atoms with Gasteiger partial charge in [-0.2, -0.15) is 0 Å². The van der Waals surface area contributed by atoms with E-state index >= 15 is 0 Å². The zero-order chi connectivity index (χ0) is 17.2. The summed E-state index contributed by atoms with van der Waals surface area (Å²) in [6.45, 7) is 0.608. The van der Waals surface area contributed by atoms with Crippen molar-refractivity contribution in [2.45, 2.75) is 6.54 Å². The third kappa shape index (κ3) is 3.07. The molecule has 0 saturated heterocycles. The second-order valence-corrected chi connectivity index (χ2v) is 6.27. The Labute approximate surface area is 147 Å². The molecular formula is C17H14N6OS. The van der Waals surface area contributed by atoms with Crippen molar-refractivity contribution in [1.82, 2.24) is 19.9 Å². The molecule has 0 fully saturated rings. The second-order valence-electron chi connectivity index (χ2n) is 5.41. The summed E-state index contributed by atoms with van der Waals surface area (Å²) in [7, 11) is 0. The van der Waals surface area contributed by atoms with E-state index in [2.05, 4.69) is 25.3 Å². The number of anilines is 1. The van der Waals surface area contributed by atoms with Crippen LogP contribution in [-0.4, -0.2) is 25.8 Å². The van der Waals surface area contributed by atoms with Crippen LogP contribution in [0, 0.1) is 0 Å². The molecule has 4 rings (SSSR count). The van der Waals surface area contributed by atoms with Crippen molar-refractivity contribution in [3.8, 4) is 10.6 Å². The van der Waals surface area contributed by atoms with Gasteiger partial charge in [-0.15, -0.1) is 11.3 Å². The van der Waals surface area contributed by atoms with Gasteiger partial charge in [-0.05, 0) is 23.8 Å². The van der Waals surface area contributed by atoms with Crippen LogP contribution in [0.5, 0.6) is 0 Å². The molecule has 124 valence electrons. The van der Waals surface area contributed by atoms with Gasteiger partial charge < -0.3 is 16.0 Å². The van der Waals surface area contributed by atoms with Gasteiger partial charge in [0.05, 0.1) is 0 Å². The number of H-pyrrole nitrogens is 1. The number of amides is 1. The predicted octanol–water partition coefficient (Wildman–Crippen LogP) is 2.79. The van der Waals surface area contributed by atoms with Gasteiger partial charge in [0.25, 0.3) is 5.91 Å². The number of nitrogens with one attached hydrogen (secondary N) is 2. The van der Waals surface area contributed by atoms with Gasteiger partial charge >= 0.3 is 0 Å². The molecule has 0 aliphatic rings. The zero-order valence-electron chi connectivity index (χ0n) is 13.1. The van der Waals surface area contributed by atoms with E-state index in [1.807, 2.05) is 30.5 Å². The van der Waals surface area contributed by atoms with E-state index in [1.165, 1.54) is 11.3 Å². The van der Waals surface area contributed by atoms with Crippen LogP contribution in [0.1, 0.15) is 16.1 Å². The number of nitrogens with two attached hydrogens (primary N) is 1. The third-order valence-corrected chi connectivity index (χ3v) is 4.59. The monoisotopic (exact) mass is 350 g/mol. The van der Waals surface area contributed by atoms with Gasteiger partial charge in [-0.3, -0.25) is 9.78 Å². The average Bonchev–Trinajstić information content (AvgIpc) is 3.29. The fraction of sp³-hybridized carbons (Fsp3) is 0.0588. The lowest BCUT2D eigenvalue weighted by Crippen LogP contribution is -2.11. The van der Waals surface area contributed by atoms with E-state index in [-0.39, 0.29) is 5.69 Å². The lowest BCUT2D eigenvalue weighted by Gasteiger charge is -2.08. The van der Waals surface area contributed by atoms with Crippen LogP contribution in [0.15, 0.2) is 48.2 Å². The molecule has 0 saturated carbocycles. The van der Waals surface area contributed by atoms with Crippen LogP contribution in [0.4, 0.5) is 5.82 Å². The Morgan fingerprint density at radius 1 is 1.32 bits per heavy atom. The van der Waals surface area contributed by atoms with Gasteiger partial charge in [0, 0.05) is 41.5 Å². The maximum Gasteiger partial charge on any atom is 0.268 e. The Balaban J connectivity index is 1.70. The van der Waals surface area contributed by atoms with Crippen LogP contribution in [0.25, 0.3) is 21.6 Å². The van der Waals surface area contributed by atoms with Crippen molar-refractivity contribution in [2.24, 2.45) is 5.73 Å². The second kappa shape index (κ2) is 6.33. The lowest BCUT2D eigenvalue weighted by atomic mass is 10.2. The summed E-state index contributed by atoms with van der Waals surface area (Å²) in [4.78, 5) is 27.4. The first-order valence-electron chi connectivity index (χ1n) is 7.57. The number of nitrogens with zero attached hydrogens (tertiary/aromatic N) is 3. The van der Waals surface area contributed by atoms with Crippen molar-refractivity contribution < 1.29 is 4.79 Å². The largest absolute Gasteiger partial charge is 0.366 e. The highest BCUT2D eigenvalue weighted by Gasteiger charge is 2.14. The minimum atomic E-state index is -0.531. The van der Waals surface area contributed by atoms with Crippen molar-refractivity contribution in [3.63, 3.8) is 0 Å². The van der Waals surface area contributed by atoms with Crippen molar-refractivity contribution in [1.29, 1.82) is 0 Å². The minimum absolute atomic E-state index is 0.269. The number of primary amides is 1. The standard InChI is InChI=1S/C17H14N6OS/c18-15(24)13-9-25-17(22-13)12-6-14(23-16-11(12)3-5-20-16)21-8-10-2-1-4-19-7-10/h1-7,9H,8H2,(H2,18,24)(H2,20,21,23). The molecule has 0 atom stereocenters. The Kier molecular flexibility index (Phi) is 3.87. The number of aromatic amines is 1. The highest BCUT2D eigenvalue weighted by molar-refractivity contribution is 7.13. The van der Waals surface area contributed by atoms with Crippen molar-refractivity contribution in [2.75, 3.05) is 5.32 Å². The quantitative estimate of drug-likeness (QED) is 0.513. The Bertz CT molecular complexity index is 1040. The fourth-order valence-electron chi connectivity index (χ4n) is 2.51. The number of rotatable bonds is 5. The van der Waals surface area contributed by atoms with E-state index in [9.17, 15) is 4.79 Å². The topological polar surface area (TPSA) is 110 Å². The molecule has 1 amide bonds. The number of aromatic nitrogens is 4. The summed E-state index contributed by atoms with van der Waals surface area (Å²) in [6.07, 6.45) is 5.37. The molecule has 8 heteroatoms. The van der Waals surface area contributed by atoms with Crippen LogP contribution >= 0.6 is 11.3 Å². The number of fused-ring (bicyclic) bond motifs is 1. The number of carbonyl (C=O) groups is 1. The number of thiazole rings is 1. The molecule has 0 spiro atoms. The molecule has 0 radical (unpaired) electrons. The first kappa shape index (κ1) is 15.3. The first-order chi connectivity index (χ1) is 12.2. The molecule has 4 aromatic rings. The third-order valence-electron chi connectivity index (χ3n) is 3.71. The zero-order valence-corrected chi connectivity index (χ0v) is 13.9. The number of hydrogen-bond acceptors (Lipinski definition) is 6. The maximum atomic E-state index is 11.3. The molecule has 4 aromatic heterocycles. The normalized spacial score (nSPS) is 10.9. The summed E-state index contributed by atoms with van der Waals surface area (Å²) in [6, 6.07) is 7.75. The van der Waals surface area contributed by atoms with Crippen LogP contribution in [-0.2, 0) is 6.54 Å². The van der Waals surface area contributed by atoms with E-state index in [4.69, 9.17) is 5.73 Å². The Morgan fingerprint density at radius 2 is 2.24 bits per heavy atom. The first-order valence-corrected chi connectivity index (χ1v) is 8.45. The van der Waals surface area contributed by atoms with Gasteiger partial charge in [0.1, 0.15) is 22.2 Å². The molecule has 0 aromatic carbocycles. The highest BCUT2D eigenvalue weighted by atomic mass is 32.1. The Morgan fingerprint density at radius 3 is 3.00 bits per heavy atom. The van der Waals surface area contributed by atoms with Crippen LogP contribution in [0.3, 0.4) is 0 Å². The minimum Gasteiger partial charge on any atom is -0.366 e. The molecule has 7 nitrogen and oxygen atoms in total. The average molecular weight is 350 g/mol. The van der Waals surface area contributed by atoms with E-state index in [0.29, 0.717) is 12.4 Å². The van der Waals surface area contributed by atoms with Crippen molar-refractivity contribution >= 4 is 34.1 Å². The molecule has 0 bridgehead atoms. The van der Waals surface area contributed by atoms with Gasteiger partial charge in [-0.1, -0.05) is 6.07 Å². The molecule has 0 aliphatic carbocycles. The van der Waals surface area contributed by atoms with Gasteiger partial charge in [0.15, 0.2) is 0 Å². The number of carbonyl (C=O) groups excluding carboxylic acids is 1. The molecular weight excluding hydrogens is 336 g/mol. The van der Waals surface area contributed by atoms with Crippen LogP contribution in [0.2, 0.25) is 0 Å². The van der Waals surface area contributed by atoms with E-state index in [1.54, 1.807) is 17.8 Å².